The summed E-state index contributed by atoms with van der Waals surface area (Å²) in [7, 11) is -2.87. The highest BCUT2D eigenvalue weighted by Crippen LogP contribution is 2.30. The van der Waals surface area contributed by atoms with Crippen LogP contribution in [-0.4, -0.2) is 42.4 Å². The van der Waals surface area contributed by atoms with E-state index in [9.17, 15) is 12.8 Å². The molecule has 3 heterocycles. The first-order valence-corrected chi connectivity index (χ1v) is 13.0. The lowest BCUT2D eigenvalue weighted by molar-refractivity contribution is 0.194. The Hall–Kier alpha value is -2.57. The van der Waals surface area contributed by atoms with E-state index in [0.717, 1.165) is 49.2 Å². The number of hydrogen-bond donors (Lipinski definition) is 0. The molecule has 1 unspecified atom stereocenters. The fourth-order valence-corrected chi connectivity index (χ4v) is 6.82. The van der Waals surface area contributed by atoms with Gasteiger partial charge in [-0.1, -0.05) is 30.3 Å². The van der Waals surface area contributed by atoms with Gasteiger partial charge in [0.15, 0.2) is 9.84 Å². The van der Waals surface area contributed by atoms with Gasteiger partial charge in [0.2, 0.25) is 0 Å². The third-order valence-electron chi connectivity index (χ3n) is 6.82. The smallest absolute Gasteiger partial charge is 0.151 e. The quantitative estimate of drug-likeness (QED) is 0.594. The summed E-state index contributed by atoms with van der Waals surface area (Å²) in [5.41, 5.74) is 8.16. The Kier molecular flexibility index (Phi) is 5.59. The number of pyridine rings is 1. The number of halogens is 1. The molecular formula is C26H27FN2O2S. The van der Waals surface area contributed by atoms with Gasteiger partial charge in [-0.2, -0.15) is 0 Å². The molecule has 6 heteroatoms. The third-order valence-corrected chi connectivity index (χ3v) is 8.57. The molecular weight excluding hydrogens is 423 g/mol. The second-order valence-corrected chi connectivity index (χ2v) is 11.2. The van der Waals surface area contributed by atoms with Gasteiger partial charge in [0.25, 0.3) is 0 Å². The maximum Gasteiger partial charge on any atom is 0.151 e. The van der Waals surface area contributed by atoms with E-state index in [4.69, 9.17) is 0 Å². The maximum atomic E-state index is 13.3. The molecule has 3 aromatic rings. The van der Waals surface area contributed by atoms with Crippen molar-refractivity contribution in [1.29, 1.82) is 0 Å². The summed E-state index contributed by atoms with van der Waals surface area (Å²) in [6.45, 7) is 3.77. The molecule has 0 spiro atoms. The topological polar surface area (TPSA) is 50.3 Å². The fraction of sp³-hybridized carbons (Fsp3) is 0.346. The maximum absolute atomic E-state index is 13.3. The molecule has 0 amide bonds. The van der Waals surface area contributed by atoms with Gasteiger partial charge in [-0.25, -0.2) is 12.8 Å². The predicted molar refractivity (Wildman–Crippen MR) is 125 cm³/mol. The lowest BCUT2D eigenvalue weighted by Crippen LogP contribution is -2.40. The molecule has 2 aliphatic rings. The van der Waals surface area contributed by atoms with Crippen LogP contribution in [0.1, 0.15) is 34.2 Å². The average Bonchev–Trinajstić information content (AvgIpc) is 3.15. The molecule has 1 aromatic heterocycles. The summed E-state index contributed by atoms with van der Waals surface area (Å²) in [5, 5.41) is 0. The molecule has 1 fully saturated rings. The Bertz CT molecular complexity index is 1260. The molecule has 0 saturated carbocycles. The minimum atomic E-state index is -2.87. The highest BCUT2D eigenvalue weighted by atomic mass is 32.2. The van der Waals surface area contributed by atoms with Crippen molar-refractivity contribution in [1.82, 2.24) is 9.88 Å². The van der Waals surface area contributed by atoms with Crippen molar-refractivity contribution < 1.29 is 12.8 Å². The second-order valence-electron chi connectivity index (χ2n) is 9.02. The molecule has 166 valence electrons. The molecule has 1 saturated heterocycles. The monoisotopic (exact) mass is 450 g/mol. The van der Waals surface area contributed by atoms with Crippen LogP contribution in [-0.2, 0) is 29.2 Å². The van der Waals surface area contributed by atoms with Crippen molar-refractivity contribution in [3.8, 4) is 11.3 Å². The molecule has 2 aliphatic heterocycles. The summed E-state index contributed by atoms with van der Waals surface area (Å²) in [6.07, 6.45) is 3.78. The highest BCUT2D eigenvalue weighted by molar-refractivity contribution is 7.91. The number of rotatable bonds is 4. The summed E-state index contributed by atoms with van der Waals surface area (Å²) < 4.78 is 37.1. The van der Waals surface area contributed by atoms with Crippen molar-refractivity contribution in [2.45, 2.75) is 38.8 Å². The molecule has 0 aliphatic carbocycles. The Morgan fingerprint density at radius 1 is 1.16 bits per heavy atom. The van der Waals surface area contributed by atoms with Crippen molar-refractivity contribution in [3.05, 3.63) is 88.4 Å². The first-order chi connectivity index (χ1) is 15.4. The van der Waals surface area contributed by atoms with Crippen LogP contribution in [0.2, 0.25) is 0 Å². The molecule has 4 nitrogen and oxygen atoms in total. The number of aryl methyl sites for hydroxylation is 1. The zero-order valence-corrected chi connectivity index (χ0v) is 19.0. The van der Waals surface area contributed by atoms with E-state index in [1.165, 1.54) is 34.5 Å². The zero-order valence-electron chi connectivity index (χ0n) is 18.2. The van der Waals surface area contributed by atoms with Gasteiger partial charge in [0.1, 0.15) is 5.82 Å². The zero-order chi connectivity index (χ0) is 22.3. The van der Waals surface area contributed by atoms with Crippen molar-refractivity contribution in [3.63, 3.8) is 0 Å². The molecule has 0 bridgehead atoms. The van der Waals surface area contributed by atoms with Gasteiger partial charge in [-0.3, -0.25) is 9.88 Å². The van der Waals surface area contributed by atoms with Crippen LogP contribution in [0.5, 0.6) is 0 Å². The Labute approximate surface area is 189 Å². The van der Waals surface area contributed by atoms with Crippen LogP contribution in [0, 0.1) is 12.7 Å². The summed E-state index contributed by atoms with van der Waals surface area (Å²) in [6, 6.07) is 16.2. The molecule has 0 N–H and O–H groups in total. The van der Waals surface area contributed by atoms with Gasteiger partial charge in [-0.15, -0.1) is 0 Å². The van der Waals surface area contributed by atoms with E-state index in [-0.39, 0.29) is 11.9 Å². The minimum Gasteiger partial charge on any atom is -0.295 e. The van der Waals surface area contributed by atoms with Crippen LogP contribution >= 0.6 is 0 Å². The molecule has 5 rings (SSSR count). The van der Waals surface area contributed by atoms with Crippen LogP contribution in [0.25, 0.3) is 11.3 Å². The Morgan fingerprint density at radius 3 is 2.78 bits per heavy atom. The normalized spacial score (nSPS) is 20.2. The summed E-state index contributed by atoms with van der Waals surface area (Å²) in [4.78, 5) is 6.61. The fourth-order valence-electron chi connectivity index (χ4n) is 5.06. The lowest BCUT2D eigenvalue weighted by Gasteiger charge is -2.34. The molecule has 2 aromatic carbocycles. The van der Waals surface area contributed by atoms with E-state index in [1.807, 2.05) is 6.92 Å². The van der Waals surface area contributed by atoms with Crippen molar-refractivity contribution in [2.75, 3.05) is 18.1 Å². The van der Waals surface area contributed by atoms with E-state index in [1.54, 1.807) is 6.07 Å². The third kappa shape index (κ3) is 4.34. The van der Waals surface area contributed by atoms with E-state index < -0.39 is 9.84 Å². The Morgan fingerprint density at radius 2 is 2.03 bits per heavy atom. The van der Waals surface area contributed by atoms with Crippen LogP contribution < -0.4 is 0 Å². The van der Waals surface area contributed by atoms with E-state index in [0.29, 0.717) is 11.5 Å². The number of benzene rings is 2. The van der Waals surface area contributed by atoms with Crippen molar-refractivity contribution >= 4 is 9.84 Å². The summed E-state index contributed by atoms with van der Waals surface area (Å²) in [5.74, 6) is 0.286. The number of fused-ring (bicyclic) bond motifs is 1. The van der Waals surface area contributed by atoms with Gasteiger partial charge >= 0.3 is 0 Å². The van der Waals surface area contributed by atoms with Crippen LogP contribution in [0.15, 0.2) is 54.7 Å². The average molecular weight is 451 g/mol. The van der Waals surface area contributed by atoms with Crippen LogP contribution in [0.3, 0.4) is 0 Å². The van der Waals surface area contributed by atoms with Crippen molar-refractivity contribution in [2.24, 2.45) is 0 Å². The van der Waals surface area contributed by atoms with Crippen LogP contribution in [0.4, 0.5) is 4.39 Å². The Balaban J connectivity index is 1.38. The molecule has 1 atom stereocenters. The lowest BCUT2D eigenvalue weighted by atomic mass is 9.89. The minimum absolute atomic E-state index is 0.152. The first-order valence-electron chi connectivity index (χ1n) is 11.1. The number of sulfone groups is 1. The van der Waals surface area contributed by atoms with E-state index >= 15 is 0 Å². The largest absolute Gasteiger partial charge is 0.295 e. The molecule has 32 heavy (non-hydrogen) atoms. The van der Waals surface area contributed by atoms with Gasteiger partial charge in [0, 0.05) is 24.7 Å². The molecule has 0 radical (unpaired) electrons. The number of aromatic nitrogens is 1. The number of hydrogen-bond acceptors (Lipinski definition) is 4. The van der Waals surface area contributed by atoms with Gasteiger partial charge in [-0.05, 0) is 72.2 Å². The van der Waals surface area contributed by atoms with Gasteiger partial charge in [0.05, 0.1) is 23.4 Å². The standard InChI is InChI=1S/C26H27FN2O2S/c1-18-5-6-19(14-25(18)26-8-7-22(27)15-28-26)13-20-3-2-4-21-16-29(11-9-24(20)21)23-10-12-32(30,31)17-23/h2-8,14-15,23H,9-13,16-17H2,1H3. The van der Waals surface area contributed by atoms with E-state index in [2.05, 4.69) is 46.3 Å². The summed E-state index contributed by atoms with van der Waals surface area (Å²) >= 11 is 0. The number of nitrogens with zero attached hydrogens (tertiary/aromatic N) is 2. The second kappa shape index (κ2) is 8.41. The highest BCUT2D eigenvalue weighted by Gasteiger charge is 2.33. The predicted octanol–water partition coefficient (Wildman–Crippen LogP) is 4.33. The SMILES string of the molecule is Cc1ccc(Cc2cccc3c2CCN(C2CCS(=O)(=O)C2)C3)cc1-c1ccc(F)cn1. The first kappa shape index (κ1) is 21.3. The van der Waals surface area contributed by atoms with Gasteiger partial charge < -0.3 is 0 Å².